The van der Waals surface area contributed by atoms with Crippen molar-refractivity contribution < 1.29 is 0 Å². The Balaban J connectivity index is 2.78. The molecule has 0 bridgehead atoms. The third-order valence-electron chi connectivity index (χ3n) is 2.20. The molecule has 0 aliphatic heterocycles. The van der Waals surface area contributed by atoms with Crippen LogP contribution in [0.3, 0.4) is 0 Å². The molecule has 0 fully saturated rings. The molecule has 1 aromatic carbocycles. The number of aromatic nitrogens is 1. The number of hydrogen-bond acceptors (Lipinski definition) is 1. The van der Waals surface area contributed by atoms with E-state index >= 15 is 0 Å². The monoisotopic (exact) mass is 172 g/mol. The van der Waals surface area contributed by atoms with E-state index in [4.69, 9.17) is 0 Å². The first-order chi connectivity index (χ1) is 6.33. The fraction of sp³-hybridized carbons (Fsp3) is 0.182. The number of nitrogens with one attached hydrogen (secondary N) is 1. The molecular weight excluding hydrogens is 160 g/mol. The molecule has 2 rings (SSSR count). The minimum Gasteiger partial charge on any atom is -0.358 e. The van der Waals surface area contributed by atoms with Gasteiger partial charge in [-0.2, -0.15) is 0 Å². The molecule has 66 valence electrons. The van der Waals surface area contributed by atoms with E-state index in [9.17, 15) is 0 Å². The zero-order chi connectivity index (χ0) is 9.26. The van der Waals surface area contributed by atoms with Crippen LogP contribution in [0.1, 0.15) is 11.3 Å². The van der Waals surface area contributed by atoms with Crippen molar-refractivity contribution in [2.24, 2.45) is 4.99 Å². The van der Waals surface area contributed by atoms with Crippen LogP contribution in [-0.4, -0.2) is 18.2 Å². The number of H-pyrrole nitrogens is 1. The van der Waals surface area contributed by atoms with Crippen molar-refractivity contribution in [1.82, 2.24) is 4.98 Å². The Morgan fingerprint density at radius 1 is 1.31 bits per heavy atom. The van der Waals surface area contributed by atoms with Gasteiger partial charge in [-0.15, -0.1) is 0 Å². The fourth-order valence-corrected chi connectivity index (χ4v) is 1.59. The van der Waals surface area contributed by atoms with Gasteiger partial charge in [0.05, 0.1) is 0 Å². The Hall–Kier alpha value is -1.57. The molecule has 0 aliphatic carbocycles. The summed E-state index contributed by atoms with van der Waals surface area (Å²) in [5, 5.41) is 1.24. The summed E-state index contributed by atoms with van der Waals surface area (Å²) in [5.41, 5.74) is 3.54. The van der Waals surface area contributed by atoms with Gasteiger partial charge in [0.2, 0.25) is 0 Å². The van der Waals surface area contributed by atoms with Crippen molar-refractivity contribution >= 4 is 17.1 Å². The number of aliphatic imine (C=N–C) groups is 1. The summed E-state index contributed by atoms with van der Waals surface area (Å²) in [5.74, 6) is 0. The highest BCUT2D eigenvalue weighted by Crippen LogP contribution is 2.19. The van der Waals surface area contributed by atoms with Crippen molar-refractivity contribution in [1.29, 1.82) is 0 Å². The maximum atomic E-state index is 4.04. The van der Waals surface area contributed by atoms with E-state index in [1.807, 2.05) is 18.3 Å². The van der Waals surface area contributed by atoms with E-state index in [2.05, 4.69) is 29.0 Å². The van der Waals surface area contributed by atoms with Gasteiger partial charge in [0.25, 0.3) is 0 Å². The van der Waals surface area contributed by atoms with Crippen LogP contribution >= 0.6 is 0 Å². The van der Waals surface area contributed by atoms with Crippen molar-refractivity contribution in [3.8, 4) is 0 Å². The highest BCUT2D eigenvalue weighted by Gasteiger charge is 2.03. The summed E-state index contributed by atoms with van der Waals surface area (Å²) in [6.07, 6.45) is 1.90. The smallest absolute Gasteiger partial charge is 0.0462 e. The predicted molar refractivity (Wildman–Crippen MR) is 56.6 cm³/mol. The zero-order valence-electron chi connectivity index (χ0n) is 7.83. The normalized spacial score (nSPS) is 11.5. The van der Waals surface area contributed by atoms with Gasteiger partial charge < -0.3 is 4.98 Å². The predicted octanol–water partition coefficient (Wildman–Crippen LogP) is 2.53. The number of para-hydroxylation sites is 1. The lowest BCUT2D eigenvalue weighted by Crippen LogP contribution is -1.81. The number of rotatable bonds is 1. The average Bonchev–Trinajstić information content (AvgIpc) is 2.44. The first-order valence-corrected chi connectivity index (χ1v) is 4.32. The molecule has 1 N–H and O–H groups in total. The maximum Gasteiger partial charge on any atom is 0.0462 e. The number of aromatic amines is 1. The highest BCUT2D eigenvalue weighted by molar-refractivity contribution is 6.00. The van der Waals surface area contributed by atoms with Crippen LogP contribution in [0.25, 0.3) is 10.9 Å². The van der Waals surface area contributed by atoms with Gasteiger partial charge in [-0.1, -0.05) is 18.2 Å². The van der Waals surface area contributed by atoms with Crippen molar-refractivity contribution in [3.63, 3.8) is 0 Å². The Labute approximate surface area is 77.3 Å². The van der Waals surface area contributed by atoms with E-state index in [1.165, 1.54) is 22.2 Å². The summed E-state index contributed by atoms with van der Waals surface area (Å²) >= 11 is 0. The molecule has 2 nitrogen and oxygen atoms in total. The van der Waals surface area contributed by atoms with Crippen molar-refractivity contribution in [2.45, 2.75) is 6.92 Å². The lowest BCUT2D eigenvalue weighted by molar-refractivity contribution is 1.29. The molecule has 1 heterocycles. The fourth-order valence-electron chi connectivity index (χ4n) is 1.59. The van der Waals surface area contributed by atoms with Crippen LogP contribution in [0.2, 0.25) is 0 Å². The van der Waals surface area contributed by atoms with Crippen LogP contribution < -0.4 is 0 Å². The van der Waals surface area contributed by atoms with E-state index in [0.717, 1.165) is 0 Å². The van der Waals surface area contributed by atoms with Crippen LogP contribution in [-0.2, 0) is 0 Å². The van der Waals surface area contributed by atoms with Crippen LogP contribution in [0.4, 0.5) is 0 Å². The maximum absolute atomic E-state index is 4.04. The lowest BCUT2D eigenvalue weighted by atomic mass is 10.1. The standard InChI is InChI=1S/C11H12N2/c1-8-10(7-12-2)9-5-3-4-6-11(9)13-8/h3-7,13H,1-2H3. The molecular formula is C11H12N2. The Morgan fingerprint density at radius 2 is 2.08 bits per heavy atom. The molecule has 0 atom stereocenters. The third-order valence-corrected chi connectivity index (χ3v) is 2.20. The van der Waals surface area contributed by atoms with Gasteiger partial charge in [-0.05, 0) is 13.0 Å². The molecule has 0 aliphatic rings. The quantitative estimate of drug-likeness (QED) is 0.640. The molecule has 0 saturated carbocycles. The SMILES string of the molecule is CN=Cc1c(C)[nH]c2ccccc12. The van der Waals surface area contributed by atoms with Gasteiger partial charge in [0, 0.05) is 35.4 Å². The van der Waals surface area contributed by atoms with Gasteiger partial charge in [-0.25, -0.2) is 0 Å². The minimum absolute atomic E-state index is 1.17. The molecule has 0 saturated heterocycles. The summed E-state index contributed by atoms with van der Waals surface area (Å²) in [4.78, 5) is 7.36. The van der Waals surface area contributed by atoms with Gasteiger partial charge >= 0.3 is 0 Å². The van der Waals surface area contributed by atoms with E-state index in [0.29, 0.717) is 0 Å². The van der Waals surface area contributed by atoms with E-state index < -0.39 is 0 Å². The summed E-state index contributed by atoms with van der Waals surface area (Å²) in [6, 6.07) is 8.26. The van der Waals surface area contributed by atoms with Gasteiger partial charge in [0.15, 0.2) is 0 Å². The second-order valence-corrected chi connectivity index (χ2v) is 3.10. The van der Waals surface area contributed by atoms with Crippen LogP contribution in [0.5, 0.6) is 0 Å². The van der Waals surface area contributed by atoms with E-state index in [-0.39, 0.29) is 0 Å². The number of fused-ring (bicyclic) bond motifs is 1. The molecule has 0 unspecified atom stereocenters. The number of benzene rings is 1. The highest BCUT2D eigenvalue weighted by atomic mass is 14.7. The van der Waals surface area contributed by atoms with Crippen LogP contribution in [0, 0.1) is 6.92 Å². The molecule has 2 heteroatoms. The summed E-state index contributed by atoms with van der Waals surface area (Å²) < 4.78 is 0. The van der Waals surface area contributed by atoms with Crippen molar-refractivity contribution in [2.75, 3.05) is 7.05 Å². The first-order valence-electron chi connectivity index (χ1n) is 4.32. The van der Waals surface area contributed by atoms with Crippen molar-refractivity contribution in [3.05, 3.63) is 35.5 Å². The lowest BCUT2D eigenvalue weighted by Gasteiger charge is -1.90. The first kappa shape index (κ1) is 8.05. The minimum atomic E-state index is 1.17. The van der Waals surface area contributed by atoms with Gasteiger partial charge in [0.1, 0.15) is 0 Å². The Bertz CT molecular complexity index is 452. The molecule has 0 spiro atoms. The van der Waals surface area contributed by atoms with Gasteiger partial charge in [-0.3, -0.25) is 4.99 Å². The molecule has 0 amide bonds. The Kier molecular flexibility index (Phi) is 1.89. The average molecular weight is 172 g/mol. The number of nitrogens with zero attached hydrogens (tertiary/aromatic N) is 1. The number of aryl methyl sites for hydroxylation is 1. The second kappa shape index (κ2) is 3.05. The number of hydrogen-bond donors (Lipinski definition) is 1. The molecule has 13 heavy (non-hydrogen) atoms. The second-order valence-electron chi connectivity index (χ2n) is 3.10. The van der Waals surface area contributed by atoms with E-state index in [1.54, 1.807) is 7.05 Å². The third kappa shape index (κ3) is 1.24. The largest absolute Gasteiger partial charge is 0.358 e. The molecule has 0 radical (unpaired) electrons. The molecule has 1 aromatic heterocycles. The molecule has 2 aromatic rings. The summed E-state index contributed by atoms with van der Waals surface area (Å²) in [7, 11) is 1.79. The zero-order valence-corrected chi connectivity index (χ0v) is 7.83. The topological polar surface area (TPSA) is 28.1 Å². The van der Waals surface area contributed by atoms with Crippen LogP contribution in [0.15, 0.2) is 29.3 Å². The summed E-state index contributed by atoms with van der Waals surface area (Å²) in [6.45, 7) is 2.07. The Morgan fingerprint density at radius 3 is 2.85 bits per heavy atom.